The van der Waals surface area contributed by atoms with Gasteiger partial charge in [-0.1, -0.05) is 35.5 Å². The molecule has 3 heterocycles. The maximum atomic E-state index is 12.8. The van der Waals surface area contributed by atoms with E-state index in [0.29, 0.717) is 11.7 Å². The third-order valence-electron chi connectivity index (χ3n) is 6.28. The zero-order valence-electron chi connectivity index (χ0n) is 18.1. The number of carbonyl (C=O) groups excluding carboxylic acids is 1. The van der Waals surface area contributed by atoms with Crippen LogP contribution in [0.4, 0.5) is 0 Å². The van der Waals surface area contributed by atoms with Gasteiger partial charge in [-0.3, -0.25) is 4.79 Å². The number of hydrogen-bond donors (Lipinski definition) is 2. The normalized spacial score (nSPS) is 18.1. The number of likely N-dealkylation sites (tertiary alicyclic amines) is 1. The lowest BCUT2D eigenvalue weighted by Gasteiger charge is -2.32. The Balaban J connectivity index is 0.00000171. The quantitative estimate of drug-likeness (QED) is 0.681. The predicted molar refractivity (Wildman–Crippen MR) is 127 cm³/mol. The van der Waals surface area contributed by atoms with Gasteiger partial charge in [-0.15, -0.1) is 29.9 Å². The van der Waals surface area contributed by atoms with Gasteiger partial charge in [0.05, 0.1) is 11.7 Å². The minimum Gasteiger partial charge on any atom is -0.348 e. The van der Waals surface area contributed by atoms with Crippen molar-refractivity contribution < 1.29 is 4.79 Å². The van der Waals surface area contributed by atoms with Gasteiger partial charge in [0.2, 0.25) is 0 Å². The van der Waals surface area contributed by atoms with E-state index >= 15 is 0 Å². The summed E-state index contributed by atoms with van der Waals surface area (Å²) < 4.78 is 1.95. The Morgan fingerprint density at radius 2 is 1.77 bits per heavy atom. The number of nitrogens with one attached hydrogen (secondary N) is 2. The summed E-state index contributed by atoms with van der Waals surface area (Å²) in [4.78, 5) is 15.3. The van der Waals surface area contributed by atoms with E-state index in [9.17, 15) is 4.79 Å². The largest absolute Gasteiger partial charge is 0.348 e. The van der Waals surface area contributed by atoms with Crippen molar-refractivity contribution in [3.8, 4) is 0 Å². The van der Waals surface area contributed by atoms with Crippen LogP contribution in [0.25, 0.3) is 0 Å². The molecule has 0 bridgehead atoms. The lowest BCUT2D eigenvalue weighted by molar-refractivity contribution is 0.0905. The molecular weight excluding hydrogens is 435 g/mol. The molecule has 9 heteroatoms. The zero-order valence-corrected chi connectivity index (χ0v) is 19.8. The molecule has 31 heavy (non-hydrogen) atoms. The van der Waals surface area contributed by atoms with Gasteiger partial charge in [-0.25, -0.2) is 4.68 Å². The number of hydrogen-bond acceptors (Lipinski definition) is 5. The second kappa shape index (κ2) is 12.4. The Labute approximate surface area is 197 Å². The predicted octanol–water partition coefficient (Wildman–Crippen LogP) is 2.79. The molecule has 2 aliphatic rings. The summed E-state index contributed by atoms with van der Waals surface area (Å²) in [5, 5.41) is 15.1. The fourth-order valence-corrected chi connectivity index (χ4v) is 4.44. The molecule has 0 saturated carbocycles. The van der Waals surface area contributed by atoms with Crippen LogP contribution in [0.3, 0.4) is 0 Å². The van der Waals surface area contributed by atoms with E-state index in [0.717, 1.165) is 70.5 Å². The molecule has 0 aliphatic carbocycles. The van der Waals surface area contributed by atoms with E-state index in [1.54, 1.807) is 0 Å². The first-order valence-corrected chi connectivity index (χ1v) is 10.9. The molecule has 2 saturated heterocycles. The molecule has 0 atom stereocenters. The van der Waals surface area contributed by atoms with Gasteiger partial charge in [0.1, 0.15) is 0 Å². The molecule has 2 aromatic rings. The first-order chi connectivity index (χ1) is 14.2. The van der Waals surface area contributed by atoms with E-state index in [2.05, 4.69) is 56.2 Å². The van der Waals surface area contributed by atoms with Crippen LogP contribution in [0.1, 0.15) is 53.5 Å². The van der Waals surface area contributed by atoms with Gasteiger partial charge in [0.25, 0.3) is 5.91 Å². The number of nitrogens with zero attached hydrogens (tertiary/aromatic N) is 4. The Bertz CT molecular complexity index is 802. The van der Waals surface area contributed by atoms with Gasteiger partial charge in [-0.05, 0) is 57.7 Å². The second-order valence-corrected chi connectivity index (χ2v) is 8.27. The van der Waals surface area contributed by atoms with Crippen molar-refractivity contribution in [3.63, 3.8) is 0 Å². The fourth-order valence-electron chi connectivity index (χ4n) is 4.44. The summed E-state index contributed by atoms with van der Waals surface area (Å²) in [6, 6.07) is 11.2. The first-order valence-electron chi connectivity index (χ1n) is 10.9. The molecule has 7 nitrogen and oxygen atoms in total. The Kier molecular flexibility index (Phi) is 10.2. The molecule has 2 fully saturated rings. The van der Waals surface area contributed by atoms with Crippen LogP contribution in [0, 0.1) is 6.92 Å². The third-order valence-corrected chi connectivity index (χ3v) is 6.28. The smallest absolute Gasteiger partial charge is 0.273 e. The second-order valence-electron chi connectivity index (χ2n) is 8.27. The molecule has 4 rings (SSSR count). The van der Waals surface area contributed by atoms with E-state index in [-0.39, 0.29) is 36.8 Å². The van der Waals surface area contributed by atoms with Crippen LogP contribution in [0.15, 0.2) is 30.3 Å². The lowest BCUT2D eigenvalue weighted by atomic mass is 10.0. The van der Waals surface area contributed by atoms with Crippen LogP contribution >= 0.6 is 24.8 Å². The summed E-state index contributed by atoms with van der Waals surface area (Å²) in [7, 11) is 0. The van der Waals surface area contributed by atoms with E-state index in [1.165, 1.54) is 5.56 Å². The van der Waals surface area contributed by atoms with Crippen LogP contribution in [0.5, 0.6) is 0 Å². The molecule has 1 aromatic heterocycles. The summed E-state index contributed by atoms with van der Waals surface area (Å²) in [5.41, 5.74) is 2.75. The Morgan fingerprint density at radius 1 is 1.10 bits per heavy atom. The average Bonchev–Trinajstić information content (AvgIpc) is 3.16. The van der Waals surface area contributed by atoms with Crippen molar-refractivity contribution >= 4 is 30.7 Å². The highest BCUT2D eigenvalue weighted by atomic mass is 35.5. The molecule has 2 aliphatic heterocycles. The monoisotopic (exact) mass is 468 g/mol. The number of halogens is 2. The van der Waals surface area contributed by atoms with Crippen molar-refractivity contribution in [3.05, 3.63) is 47.3 Å². The summed E-state index contributed by atoms with van der Waals surface area (Å²) in [6.45, 7) is 7.08. The van der Waals surface area contributed by atoms with Crippen LogP contribution in [-0.4, -0.2) is 64.6 Å². The Hall–Kier alpha value is -1.67. The van der Waals surface area contributed by atoms with Crippen molar-refractivity contribution in [2.75, 3.05) is 32.7 Å². The first kappa shape index (κ1) is 25.6. The SMILES string of the molecule is Cc1c(C(=O)NC2CCN(CCc3ccccc3)CC2)nnn1C1CCNCC1.Cl.Cl. The minimum atomic E-state index is -0.0783. The summed E-state index contributed by atoms with van der Waals surface area (Å²) >= 11 is 0. The number of amides is 1. The number of piperidine rings is 2. The maximum absolute atomic E-state index is 12.8. The van der Waals surface area contributed by atoms with Gasteiger partial charge in [0.15, 0.2) is 5.69 Å². The highest BCUT2D eigenvalue weighted by molar-refractivity contribution is 5.93. The Morgan fingerprint density at radius 3 is 2.45 bits per heavy atom. The average molecular weight is 469 g/mol. The molecule has 0 unspecified atom stereocenters. The standard InChI is InChI=1S/C22H32N6O.2ClH/c1-17-21(25-26-28(17)20-7-12-23-13-8-20)22(29)24-19-10-15-27(16-11-19)14-9-18-5-3-2-4-6-18;;/h2-6,19-20,23H,7-16H2,1H3,(H,24,29);2*1H. The zero-order chi connectivity index (χ0) is 20.1. The summed E-state index contributed by atoms with van der Waals surface area (Å²) in [6.07, 6.45) is 5.13. The molecule has 0 spiro atoms. The summed E-state index contributed by atoms with van der Waals surface area (Å²) in [5.74, 6) is -0.0783. The molecule has 172 valence electrons. The van der Waals surface area contributed by atoms with Gasteiger partial charge in [-0.2, -0.15) is 0 Å². The maximum Gasteiger partial charge on any atom is 0.273 e. The van der Waals surface area contributed by atoms with E-state index in [1.807, 2.05) is 11.6 Å². The van der Waals surface area contributed by atoms with E-state index < -0.39 is 0 Å². The van der Waals surface area contributed by atoms with Gasteiger partial charge < -0.3 is 15.5 Å². The van der Waals surface area contributed by atoms with Crippen LogP contribution in [-0.2, 0) is 6.42 Å². The van der Waals surface area contributed by atoms with Crippen molar-refractivity contribution in [2.45, 2.75) is 51.1 Å². The molecule has 1 amide bonds. The van der Waals surface area contributed by atoms with Crippen LogP contribution < -0.4 is 10.6 Å². The van der Waals surface area contributed by atoms with Crippen molar-refractivity contribution in [1.82, 2.24) is 30.5 Å². The molecule has 0 radical (unpaired) electrons. The fraction of sp³-hybridized carbons (Fsp3) is 0.591. The van der Waals surface area contributed by atoms with E-state index in [4.69, 9.17) is 0 Å². The van der Waals surface area contributed by atoms with Gasteiger partial charge >= 0.3 is 0 Å². The molecular formula is C22H34Cl2N6O. The molecule has 2 N–H and O–H groups in total. The third kappa shape index (κ3) is 6.65. The van der Waals surface area contributed by atoms with Crippen LogP contribution in [0.2, 0.25) is 0 Å². The topological polar surface area (TPSA) is 75.1 Å². The highest BCUT2D eigenvalue weighted by Crippen LogP contribution is 2.20. The highest BCUT2D eigenvalue weighted by Gasteiger charge is 2.26. The van der Waals surface area contributed by atoms with Gasteiger partial charge in [0, 0.05) is 25.7 Å². The minimum absolute atomic E-state index is 0. The lowest BCUT2D eigenvalue weighted by Crippen LogP contribution is -2.45. The number of rotatable bonds is 6. The van der Waals surface area contributed by atoms with Crippen molar-refractivity contribution in [1.29, 1.82) is 0 Å². The number of benzene rings is 1. The number of carbonyl (C=O) groups is 1. The van der Waals surface area contributed by atoms with Crippen molar-refractivity contribution in [2.24, 2.45) is 0 Å². The molecule has 1 aromatic carbocycles. The number of aromatic nitrogens is 3.